The Hall–Kier alpha value is -1.40. The highest BCUT2D eigenvalue weighted by atomic mass is 32.2. The van der Waals surface area contributed by atoms with Crippen LogP contribution in [0.4, 0.5) is 0 Å². The topological polar surface area (TPSA) is 80.5 Å². The number of sulfone groups is 1. The Bertz CT molecular complexity index is 586. The third-order valence-corrected chi connectivity index (χ3v) is 5.76. The molecule has 2 rings (SSSR count). The average Bonchev–Trinajstić information content (AvgIpc) is 2.84. The van der Waals surface area contributed by atoms with Crippen molar-refractivity contribution in [2.75, 3.05) is 18.6 Å². The summed E-state index contributed by atoms with van der Waals surface area (Å²) < 4.78 is 23.0. The van der Waals surface area contributed by atoms with Crippen LogP contribution in [0.2, 0.25) is 0 Å². The molecule has 0 spiro atoms. The Morgan fingerprint density at radius 3 is 2.62 bits per heavy atom. The van der Waals surface area contributed by atoms with E-state index < -0.39 is 15.9 Å². The molecule has 5 nitrogen and oxygen atoms in total. The molecule has 1 aromatic carbocycles. The molecule has 0 saturated carbocycles. The summed E-state index contributed by atoms with van der Waals surface area (Å²) in [6, 6.07) is 9.05. The second-order valence-electron chi connectivity index (χ2n) is 5.64. The lowest BCUT2D eigenvalue weighted by atomic mass is 10.0. The first kappa shape index (κ1) is 16.0. The van der Waals surface area contributed by atoms with Crippen LogP contribution in [-0.4, -0.2) is 49.9 Å². The number of nitrogens with zero attached hydrogens (tertiary/aromatic N) is 1. The van der Waals surface area contributed by atoms with E-state index in [-0.39, 0.29) is 23.5 Å². The number of carbonyl (C=O) groups is 1. The monoisotopic (exact) mass is 310 g/mol. The van der Waals surface area contributed by atoms with Crippen molar-refractivity contribution in [3.63, 3.8) is 0 Å². The molecule has 0 aromatic heterocycles. The zero-order valence-electron chi connectivity index (χ0n) is 12.2. The maximum atomic E-state index is 12.3. The Kier molecular flexibility index (Phi) is 5.00. The van der Waals surface area contributed by atoms with Gasteiger partial charge in [-0.1, -0.05) is 30.3 Å². The highest BCUT2D eigenvalue weighted by Gasteiger charge is 2.34. The Morgan fingerprint density at radius 1 is 1.38 bits per heavy atom. The van der Waals surface area contributed by atoms with Gasteiger partial charge in [0.15, 0.2) is 9.84 Å². The second-order valence-corrected chi connectivity index (χ2v) is 7.87. The molecule has 1 amide bonds. The van der Waals surface area contributed by atoms with Crippen LogP contribution < -0.4 is 5.73 Å². The van der Waals surface area contributed by atoms with Crippen LogP contribution in [0, 0.1) is 0 Å². The lowest BCUT2D eigenvalue weighted by Gasteiger charge is -2.26. The summed E-state index contributed by atoms with van der Waals surface area (Å²) in [5, 5.41) is 0. The van der Waals surface area contributed by atoms with Crippen LogP contribution >= 0.6 is 0 Å². The number of rotatable bonds is 5. The van der Waals surface area contributed by atoms with Crippen molar-refractivity contribution in [2.45, 2.75) is 31.3 Å². The summed E-state index contributed by atoms with van der Waals surface area (Å²) in [5.74, 6) is 0.0443. The van der Waals surface area contributed by atoms with Crippen molar-refractivity contribution in [3.05, 3.63) is 35.9 Å². The average molecular weight is 310 g/mol. The van der Waals surface area contributed by atoms with Gasteiger partial charge in [-0.3, -0.25) is 4.79 Å². The highest BCUT2D eigenvalue weighted by molar-refractivity contribution is 7.91. The zero-order chi connectivity index (χ0) is 15.5. The summed E-state index contributed by atoms with van der Waals surface area (Å²) in [4.78, 5) is 13.8. The molecule has 2 atom stereocenters. The van der Waals surface area contributed by atoms with E-state index >= 15 is 0 Å². The zero-order valence-corrected chi connectivity index (χ0v) is 13.1. The number of hydrogen-bond acceptors (Lipinski definition) is 4. The van der Waals surface area contributed by atoms with Crippen molar-refractivity contribution < 1.29 is 13.2 Å². The van der Waals surface area contributed by atoms with Crippen LogP contribution in [0.15, 0.2) is 30.3 Å². The third-order valence-electron chi connectivity index (χ3n) is 4.01. The Labute approximate surface area is 126 Å². The van der Waals surface area contributed by atoms with Gasteiger partial charge in [0.2, 0.25) is 5.91 Å². The van der Waals surface area contributed by atoms with Gasteiger partial charge >= 0.3 is 0 Å². The lowest BCUT2D eigenvalue weighted by Crippen LogP contribution is -2.47. The fourth-order valence-corrected chi connectivity index (χ4v) is 4.39. The molecule has 1 saturated heterocycles. The van der Waals surface area contributed by atoms with Crippen molar-refractivity contribution in [3.8, 4) is 0 Å². The van der Waals surface area contributed by atoms with E-state index in [1.54, 1.807) is 7.05 Å². The largest absolute Gasteiger partial charge is 0.340 e. The van der Waals surface area contributed by atoms with E-state index in [9.17, 15) is 13.2 Å². The fourth-order valence-electron chi connectivity index (χ4n) is 2.61. The predicted molar refractivity (Wildman–Crippen MR) is 82.6 cm³/mol. The van der Waals surface area contributed by atoms with E-state index in [1.165, 1.54) is 4.90 Å². The first-order valence-electron chi connectivity index (χ1n) is 7.15. The van der Waals surface area contributed by atoms with Crippen molar-refractivity contribution in [1.82, 2.24) is 4.90 Å². The summed E-state index contributed by atoms with van der Waals surface area (Å²) >= 11 is 0. The molecule has 0 radical (unpaired) electrons. The van der Waals surface area contributed by atoms with Gasteiger partial charge < -0.3 is 10.6 Å². The number of hydrogen-bond donors (Lipinski definition) is 1. The Balaban J connectivity index is 1.87. The molecule has 1 aliphatic heterocycles. The van der Waals surface area contributed by atoms with Crippen LogP contribution in [0.3, 0.4) is 0 Å². The number of nitrogens with two attached hydrogens (primary N) is 1. The Morgan fingerprint density at radius 2 is 2.05 bits per heavy atom. The first-order valence-corrected chi connectivity index (χ1v) is 8.98. The normalized spacial score (nSPS) is 21.9. The van der Waals surface area contributed by atoms with E-state index in [4.69, 9.17) is 5.73 Å². The minimum Gasteiger partial charge on any atom is -0.340 e. The first-order chi connectivity index (χ1) is 9.89. The smallest absolute Gasteiger partial charge is 0.239 e. The third kappa shape index (κ3) is 4.28. The highest BCUT2D eigenvalue weighted by Crippen LogP contribution is 2.17. The molecule has 1 aromatic rings. The summed E-state index contributed by atoms with van der Waals surface area (Å²) in [6.45, 7) is 0. The van der Waals surface area contributed by atoms with Crippen molar-refractivity contribution >= 4 is 15.7 Å². The molecule has 21 heavy (non-hydrogen) atoms. The number of benzene rings is 1. The number of carbonyl (C=O) groups excluding carboxylic acids is 1. The van der Waals surface area contributed by atoms with Gasteiger partial charge in [0.1, 0.15) is 0 Å². The van der Waals surface area contributed by atoms with Crippen LogP contribution in [-0.2, 0) is 21.1 Å². The van der Waals surface area contributed by atoms with Crippen LogP contribution in [0.1, 0.15) is 18.4 Å². The van der Waals surface area contributed by atoms with Gasteiger partial charge in [-0.15, -0.1) is 0 Å². The quantitative estimate of drug-likeness (QED) is 0.863. The van der Waals surface area contributed by atoms with Crippen molar-refractivity contribution in [1.29, 1.82) is 0 Å². The van der Waals surface area contributed by atoms with E-state index in [2.05, 4.69) is 0 Å². The maximum Gasteiger partial charge on any atom is 0.239 e. The van der Waals surface area contributed by atoms with Crippen molar-refractivity contribution in [2.24, 2.45) is 5.73 Å². The summed E-state index contributed by atoms with van der Waals surface area (Å²) in [7, 11) is -1.34. The minimum atomic E-state index is -2.99. The van der Waals surface area contributed by atoms with E-state index in [1.807, 2.05) is 30.3 Å². The molecular weight excluding hydrogens is 288 g/mol. The molecule has 116 valence electrons. The molecule has 0 bridgehead atoms. The maximum absolute atomic E-state index is 12.3. The molecule has 1 heterocycles. The fraction of sp³-hybridized carbons (Fsp3) is 0.533. The molecule has 0 aliphatic carbocycles. The molecule has 2 unspecified atom stereocenters. The van der Waals surface area contributed by atoms with Gasteiger partial charge in [-0.05, 0) is 24.8 Å². The van der Waals surface area contributed by atoms with Gasteiger partial charge in [-0.25, -0.2) is 8.42 Å². The summed E-state index contributed by atoms with van der Waals surface area (Å²) in [5.41, 5.74) is 7.11. The standard InChI is InChI=1S/C15H22N2O3S/c1-17(13-9-10-21(19,20)11-13)15(18)14(16)8-7-12-5-3-2-4-6-12/h2-6,13-14H,7-11,16H2,1H3. The molecule has 1 fully saturated rings. The van der Waals surface area contributed by atoms with Gasteiger partial charge in [0, 0.05) is 13.1 Å². The number of amides is 1. The van der Waals surface area contributed by atoms with Crippen LogP contribution in [0.25, 0.3) is 0 Å². The lowest BCUT2D eigenvalue weighted by molar-refractivity contribution is -0.133. The predicted octanol–water partition coefficient (Wildman–Crippen LogP) is 0.592. The minimum absolute atomic E-state index is 0.0562. The molecule has 1 aliphatic rings. The van der Waals surface area contributed by atoms with Gasteiger partial charge in [-0.2, -0.15) is 0 Å². The van der Waals surface area contributed by atoms with Gasteiger partial charge in [0.25, 0.3) is 0 Å². The number of likely N-dealkylation sites (N-methyl/N-ethyl adjacent to an activating group) is 1. The van der Waals surface area contributed by atoms with E-state index in [0.29, 0.717) is 12.8 Å². The van der Waals surface area contributed by atoms with Gasteiger partial charge in [0.05, 0.1) is 17.5 Å². The molecular formula is C15H22N2O3S. The second kappa shape index (κ2) is 6.58. The number of aryl methyl sites for hydroxylation is 1. The SMILES string of the molecule is CN(C(=O)C(N)CCc1ccccc1)C1CCS(=O)(=O)C1. The summed E-state index contributed by atoms with van der Waals surface area (Å²) in [6.07, 6.45) is 1.81. The molecule has 2 N–H and O–H groups in total. The van der Waals surface area contributed by atoms with Crippen LogP contribution in [0.5, 0.6) is 0 Å². The van der Waals surface area contributed by atoms with E-state index in [0.717, 1.165) is 12.0 Å². The molecule has 6 heteroatoms.